The zero-order valence-corrected chi connectivity index (χ0v) is 13.7. The summed E-state index contributed by atoms with van der Waals surface area (Å²) in [5.41, 5.74) is 16.4. The second-order valence-corrected chi connectivity index (χ2v) is 8.70. The zero-order chi connectivity index (χ0) is 17.0. The third kappa shape index (κ3) is 3.19. The number of carbonyl (C=O) groups excluding carboxylic acids is 1. The van der Waals surface area contributed by atoms with E-state index < -0.39 is 31.3 Å². The molecule has 0 radical (unpaired) electrons. The van der Waals surface area contributed by atoms with E-state index in [0.29, 0.717) is 25.7 Å². The number of azide groups is 1. The third-order valence-corrected chi connectivity index (χ3v) is 6.22. The molecule has 0 aromatic carbocycles. The van der Waals surface area contributed by atoms with Gasteiger partial charge in [0, 0.05) is 15.2 Å². The van der Waals surface area contributed by atoms with Gasteiger partial charge in [0.1, 0.15) is 0 Å². The van der Waals surface area contributed by atoms with Crippen LogP contribution in [0.1, 0.15) is 52.9 Å². The fourth-order valence-electron chi connectivity index (χ4n) is 2.57. The van der Waals surface area contributed by atoms with Crippen LogP contribution in [-0.4, -0.2) is 24.4 Å². The monoisotopic (exact) mass is 328 g/mol. The first-order valence-corrected chi connectivity index (χ1v) is 8.59. The van der Waals surface area contributed by atoms with E-state index in [1.165, 1.54) is 20.8 Å². The third-order valence-electron chi connectivity index (χ3n) is 3.73. The minimum Gasteiger partial charge on any atom is -0.297 e. The van der Waals surface area contributed by atoms with Gasteiger partial charge in [0.2, 0.25) is 0 Å². The summed E-state index contributed by atoms with van der Waals surface area (Å²) in [4.78, 5) is 14.9. The summed E-state index contributed by atoms with van der Waals surface area (Å²) < 4.78 is 25.9. The first-order valence-electron chi connectivity index (χ1n) is 7.04. The molecule has 0 bridgehead atoms. The van der Waals surface area contributed by atoms with Crippen molar-refractivity contribution in [1.29, 1.82) is 0 Å². The van der Waals surface area contributed by atoms with E-state index in [9.17, 15) is 13.2 Å². The molecule has 22 heavy (non-hydrogen) atoms. The first-order chi connectivity index (χ1) is 10.1. The summed E-state index contributed by atoms with van der Waals surface area (Å²) in [5, 5.41) is 5.52. The summed E-state index contributed by atoms with van der Waals surface area (Å²) >= 11 is 0. The SMILES string of the molecule is CC(C)(C)C(=O)C(N=[N+]=[N-])(N=[N+]=[N-])S(=O)(=O)C1CCCCC1. The molecule has 0 amide bonds. The fourth-order valence-corrected chi connectivity index (χ4v) is 4.86. The van der Waals surface area contributed by atoms with Crippen molar-refractivity contribution >= 4 is 15.6 Å². The fraction of sp³-hybridized carbons (Fsp3) is 0.917. The summed E-state index contributed by atoms with van der Waals surface area (Å²) in [7, 11) is -4.28. The average Bonchev–Trinajstić information content (AvgIpc) is 2.46. The smallest absolute Gasteiger partial charge is 0.286 e. The Bertz CT molecular complexity index is 614. The highest BCUT2D eigenvalue weighted by molar-refractivity contribution is 7.94. The second-order valence-electron chi connectivity index (χ2n) is 6.37. The summed E-state index contributed by atoms with van der Waals surface area (Å²) in [6.07, 6.45) is 3.05. The number of nitrogens with zero attached hydrogens (tertiary/aromatic N) is 6. The maximum atomic E-state index is 12.9. The molecule has 122 valence electrons. The van der Waals surface area contributed by atoms with Gasteiger partial charge in [0.25, 0.3) is 4.99 Å². The Morgan fingerprint density at radius 3 is 1.86 bits per heavy atom. The summed E-state index contributed by atoms with van der Waals surface area (Å²) in [5.74, 6) is -0.916. The van der Waals surface area contributed by atoms with E-state index in [0.717, 1.165) is 6.42 Å². The Morgan fingerprint density at radius 2 is 1.50 bits per heavy atom. The van der Waals surface area contributed by atoms with Crippen molar-refractivity contribution in [3.8, 4) is 0 Å². The number of rotatable bonds is 5. The number of hydrogen-bond acceptors (Lipinski definition) is 5. The lowest BCUT2D eigenvalue weighted by atomic mass is 9.89. The van der Waals surface area contributed by atoms with Crippen LogP contribution in [0.5, 0.6) is 0 Å². The van der Waals surface area contributed by atoms with E-state index >= 15 is 0 Å². The van der Waals surface area contributed by atoms with Crippen LogP contribution in [0.2, 0.25) is 0 Å². The van der Waals surface area contributed by atoms with Gasteiger partial charge in [-0.15, -0.1) is 0 Å². The minimum atomic E-state index is -4.28. The van der Waals surface area contributed by atoms with E-state index in [2.05, 4.69) is 20.1 Å². The lowest BCUT2D eigenvalue weighted by molar-refractivity contribution is -0.128. The van der Waals surface area contributed by atoms with E-state index in [1.807, 2.05) is 0 Å². The Labute approximate surface area is 129 Å². The molecule has 0 unspecified atom stereocenters. The van der Waals surface area contributed by atoms with Crippen molar-refractivity contribution in [3.05, 3.63) is 20.9 Å². The standard InChI is InChI=1S/C12H20N6O3S/c1-11(2,3)10(19)12(15-17-13,16-18-14)22(20,21)9-7-5-4-6-8-9/h9H,4-8H2,1-3H3. The quantitative estimate of drug-likeness (QED) is 0.430. The van der Waals surface area contributed by atoms with Crippen LogP contribution in [-0.2, 0) is 14.6 Å². The van der Waals surface area contributed by atoms with Gasteiger partial charge in [-0.05, 0) is 23.9 Å². The molecular weight excluding hydrogens is 308 g/mol. The lowest BCUT2D eigenvalue weighted by Crippen LogP contribution is -2.52. The largest absolute Gasteiger partial charge is 0.297 e. The van der Waals surface area contributed by atoms with Crippen molar-refractivity contribution in [2.45, 2.75) is 63.1 Å². The molecule has 0 atom stereocenters. The van der Waals surface area contributed by atoms with Crippen LogP contribution in [0.25, 0.3) is 20.9 Å². The molecule has 0 aromatic rings. The maximum Gasteiger partial charge on any atom is 0.286 e. The maximum absolute atomic E-state index is 12.9. The molecule has 0 aliphatic heterocycles. The highest BCUT2D eigenvalue weighted by atomic mass is 32.2. The van der Waals surface area contributed by atoms with Crippen molar-refractivity contribution < 1.29 is 13.2 Å². The summed E-state index contributed by atoms with van der Waals surface area (Å²) in [6.45, 7) is 4.46. The highest BCUT2D eigenvalue weighted by Crippen LogP contribution is 2.38. The normalized spacial score (nSPS) is 19.4. The van der Waals surface area contributed by atoms with Crippen LogP contribution in [0.4, 0.5) is 0 Å². The predicted octanol–water partition coefficient (Wildman–Crippen LogP) is 3.62. The van der Waals surface area contributed by atoms with Gasteiger partial charge >= 0.3 is 0 Å². The van der Waals surface area contributed by atoms with Crippen molar-refractivity contribution in [2.24, 2.45) is 15.6 Å². The molecular formula is C12H20N6O3S. The molecule has 1 aliphatic rings. The molecule has 1 rings (SSSR count). The molecule has 9 nitrogen and oxygen atoms in total. The number of carbonyl (C=O) groups is 1. The molecule has 1 fully saturated rings. The van der Waals surface area contributed by atoms with Crippen molar-refractivity contribution in [1.82, 2.24) is 0 Å². The van der Waals surface area contributed by atoms with Gasteiger partial charge in [0.05, 0.1) is 5.25 Å². The highest BCUT2D eigenvalue weighted by Gasteiger charge is 2.56. The van der Waals surface area contributed by atoms with Crippen LogP contribution in [0.15, 0.2) is 10.2 Å². The van der Waals surface area contributed by atoms with Gasteiger partial charge in [-0.2, -0.15) is 0 Å². The number of Topliss-reactive ketones (excluding diaryl/α,β-unsaturated/α-hetero) is 1. The van der Waals surface area contributed by atoms with Crippen LogP contribution in [0.3, 0.4) is 0 Å². The van der Waals surface area contributed by atoms with E-state index in [4.69, 9.17) is 11.1 Å². The number of sulfone groups is 1. The van der Waals surface area contributed by atoms with Crippen LogP contribution >= 0.6 is 0 Å². The number of hydrogen-bond donors (Lipinski definition) is 0. The molecule has 10 heteroatoms. The Balaban J connectivity index is 3.58. The topological polar surface area (TPSA) is 149 Å². The first kappa shape index (κ1) is 18.3. The minimum absolute atomic E-state index is 0.364. The molecule has 0 heterocycles. The van der Waals surface area contributed by atoms with Crippen LogP contribution in [0, 0.1) is 5.41 Å². The Hall–Kier alpha value is -1.76. The molecule has 1 saturated carbocycles. The van der Waals surface area contributed by atoms with Gasteiger partial charge in [-0.3, -0.25) is 4.79 Å². The summed E-state index contributed by atoms with van der Waals surface area (Å²) in [6, 6.07) is 0. The number of ketones is 1. The molecule has 0 N–H and O–H groups in total. The Kier molecular flexibility index (Phi) is 5.45. The van der Waals surface area contributed by atoms with E-state index in [1.54, 1.807) is 0 Å². The van der Waals surface area contributed by atoms with Gasteiger partial charge in [-0.1, -0.05) is 50.3 Å². The molecule has 0 spiro atoms. The van der Waals surface area contributed by atoms with E-state index in [-0.39, 0.29) is 0 Å². The van der Waals surface area contributed by atoms with Gasteiger partial charge in [-0.25, -0.2) is 8.42 Å². The molecule has 0 aromatic heterocycles. The average molecular weight is 328 g/mol. The predicted molar refractivity (Wildman–Crippen MR) is 81.3 cm³/mol. The zero-order valence-electron chi connectivity index (χ0n) is 12.9. The van der Waals surface area contributed by atoms with Crippen molar-refractivity contribution in [2.75, 3.05) is 0 Å². The van der Waals surface area contributed by atoms with Crippen molar-refractivity contribution in [3.63, 3.8) is 0 Å². The van der Waals surface area contributed by atoms with Crippen LogP contribution < -0.4 is 0 Å². The second kappa shape index (κ2) is 6.56. The Morgan fingerprint density at radius 1 is 1.05 bits per heavy atom. The van der Waals surface area contributed by atoms with Gasteiger partial charge < -0.3 is 0 Å². The molecule has 0 saturated heterocycles. The van der Waals surface area contributed by atoms with Gasteiger partial charge in [0.15, 0.2) is 15.6 Å². The molecule has 1 aliphatic carbocycles. The lowest BCUT2D eigenvalue weighted by Gasteiger charge is -2.33.